The number of carbonyl (C=O) groups is 1. The van der Waals surface area contributed by atoms with Gasteiger partial charge in [-0.1, -0.05) is 42.5 Å². The Morgan fingerprint density at radius 2 is 1.77 bits per heavy atom. The molecule has 1 aliphatic heterocycles. The second-order valence-electron chi connectivity index (χ2n) is 10.6. The summed E-state index contributed by atoms with van der Waals surface area (Å²) in [6, 6.07) is 20.6. The van der Waals surface area contributed by atoms with E-state index in [0.29, 0.717) is 25.3 Å². The fraction of sp³-hybridized carbons (Fsp3) is 0.364. The van der Waals surface area contributed by atoms with Crippen molar-refractivity contribution in [2.75, 3.05) is 53.7 Å². The number of hydrogen-bond acceptors (Lipinski definition) is 8. The molecule has 2 atom stereocenters. The van der Waals surface area contributed by atoms with Crippen molar-refractivity contribution in [3.63, 3.8) is 0 Å². The number of benzene rings is 3. The van der Waals surface area contributed by atoms with E-state index in [2.05, 4.69) is 29.6 Å². The molecule has 0 radical (unpaired) electrons. The van der Waals surface area contributed by atoms with Gasteiger partial charge in [0.1, 0.15) is 5.75 Å². The maximum atomic E-state index is 13.3. The van der Waals surface area contributed by atoms with Gasteiger partial charge in [0.05, 0.1) is 31.8 Å². The van der Waals surface area contributed by atoms with Crippen molar-refractivity contribution >= 4 is 15.9 Å². The second kappa shape index (κ2) is 14.4. The Morgan fingerprint density at radius 1 is 1.00 bits per heavy atom. The summed E-state index contributed by atoms with van der Waals surface area (Å²) in [7, 11) is -0.840. The minimum absolute atomic E-state index is 0.0102. The van der Waals surface area contributed by atoms with Crippen molar-refractivity contribution in [2.45, 2.75) is 29.9 Å². The van der Waals surface area contributed by atoms with Gasteiger partial charge in [0, 0.05) is 39.1 Å². The average molecular weight is 623 g/mol. The first-order chi connectivity index (χ1) is 21.3. The Morgan fingerprint density at radius 3 is 2.52 bits per heavy atom. The quantitative estimate of drug-likeness (QED) is 0.205. The monoisotopic (exact) mass is 622 g/mol. The standard InChI is InChI=1S/C33H38N2O8S/c1-40-18-14-34-33(37)31-21-24(28-8-5-9-29-27-7-4-3-6-23(27)20-30(28)29)22-32(43-31)42-19-16-35(15-17-36)44(38,39)26-12-10-25(41-2)11-13-26/h3-13,21,24,32,36H,14-20,22H2,1-2H3,(H,34,37)/t24-,32+/m1/s1. The number of carbonyl (C=O) groups excluding carboxylic acids is 1. The van der Waals surface area contributed by atoms with Crippen LogP contribution >= 0.6 is 0 Å². The predicted molar refractivity (Wildman–Crippen MR) is 165 cm³/mol. The number of ether oxygens (including phenoxy) is 4. The fourth-order valence-electron chi connectivity index (χ4n) is 5.66. The van der Waals surface area contributed by atoms with Crippen LogP contribution in [0.5, 0.6) is 5.75 Å². The smallest absolute Gasteiger partial charge is 0.286 e. The lowest BCUT2D eigenvalue weighted by Crippen LogP contribution is -2.38. The van der Waals surface area contributed by atoms with Crippen LogP contribution in [0.2, 0.25) is 0 Å². The van der Waals surface area contributed by atoms with Crippen LogP contribution < -0.4 is 10.1 Å². The largest absolute Gasteiger partial charge is 0.497 e. The minimum Gasteiger partial charge on any atom is -0.497 e. The minimum atomic E-state index is -3.91. The summed E-state index contributed by atoms with van der Waals surface area (Å²) in [5.74, 6) is 0.138. The number of aliphatic hydroxyl groups is 1. The number of hydrogen-bond donors (Lipinski definition) is 2. The van der Waals surface area contributed by atoms with Gasteiger partial charge in [0.2, 0.25) is 16.3 Å². The number of allylic oxidation sites excluding steroid dienone is 1. The zero-order valence-electron chi connectivity index (χ0n) is 24.9. The summed E-state index contributed by atoms with van der Waals surface area (Å²) in [5, 5.41) is 12.4. The molecule has 3 aromatic rings. The van der Waals surface area contributed by atoms with Crippen LogP contribution in [0.3, 0.4) is 0 Å². The first-order valence-electron chi connectivity index (χ1n) is 14.6. The van der Waals surface area contributed by atoms with E-state index in [1.54, 1.807) is 19.2 Å². The summed E-state index contributed by atoms with van der Waals surface area (Å²) in [6.07, 6.45) is 2.28. The van der Waals surface area contributed by atoms with Crippen molar-refractivity contribution in [3.05, 3.63) is 95.3 Å². The lowest BCUT2D eigenvalue weighted by atomic mass is 9.87. The zero-order chi connectivity index (χ0) is 31.1. The lowest BCUT2D eigenvalue weighted by molar-refractivity contribution is -0.146. The van der Waals surface area contributed by atoms with Crippen molar-refractivity contribution in [2.24, 2.45) is 0 Å². The van der Waals surface area contributed by atoms with Crippen molar-refractivity contribution in [1.29, 1.82) is 0 Å². The van der Waals surface area contributed by atoms with Gasteiger partial charge < -0.3 is 29.4 Å². The van der Waals surface area contributed by atoms with Crippen LogP contribution in [0.15, 0.2) is 83.5 Å². The molecule has 0 saturated heterocycles. The molecule has 2 aliphatic rings. The molecule has 5 rings (SSSR count). The molecule has 1 heterocycles. The molecule has 10 nitrogen and oxygen atoms in total. The third kappa shape index (κ3) is 6.98. The van der Waals surface area contributed by atoms with Gasteiger partial charge in [-0.05, 0) is 64.6 Å². The number of aliphatic hydroxyl groups excluding tert-OH is 1. The molecule has 234 valence electrons. The number of nitrogens with zero attached hydrogens (tertiary/aromatic N) is 1. The van der Waals surface area contributed by atoms with Gasteiger partial charge in [-0.15, -0.1) is 0 Å². The Balaban J connectivity index is 1.33. The van der Waals surface area contributed by atoms with Crippen LogP contribution in [0.4, 0.5) is 0 Å². The summed E-state index contributed by atoms with van der Waals surface area (Å²) in [5.41, 5.74) is 5.98. The number of methoxy groups -OCH3 is 2. The van der Waals surface area contributed by atoms with E-state index in [4.69, 9.17) is 18.9 Å². The van der Waals surface area contributed by atoms with E-state index in [0.717, 1.165) is 12.0 Å². The van der Waals surface area contributed by atoms with E-state index in [1.165, 1.54) is 45.8 Å². The average Bonchev–Trinajstić information content (AvgIpc) is 3.43. The van der Waals surface area contributed by atoms with E-state index >= 15 is 0 Å². The van der Waals surface area contributed by atoms with Crippen LogP contribution in [-0.4, -0.2) is 83.7 Å². The molecule has 0 bridgehead atoms. The lowest BCUT2D eigenvalue weighted by Gasteiger charge is -2.31. The summed E-state index contributed by atoms with van der Waals surface area (Å²) >= 11 is 0. The molecular formula is C33H38N2O8S. The van der Waals surface area contributed by atoms with Gasteiger partial charge in [-0.3, -0.25) is 4.79 Å². The molecule has 11 heteroatoms. The molecule has 0 aromatic heterocycles. The van der Waals surface area contributed by atoms with Crippen molar-refractivity contribution in [1.82, 2.24) is 9.62 Å². The summed E-state index contributed by atoms with van der Waals surface area (Å²) < 4.78 is 50.1. The van der Waals surface area contributed by atoms with Crippen LogP contribution in [0.25, 0.3) is 11.1 Å². The maximum Gasteiger partial charge on any atom is 0.286 e. The predicted octanol–water partition coefficient (Wildman–Crippen LogP) is 3.44. The first kappa shape index (κ1) is 31.7. The highest BCUT2D eigenvalue weighted by Gasteiger charge is 2.32. The Hall–Kier alpha value is -3.74. The van der Waals surface area contributed by atoms with Crippen molar-refractivity contribution < 1.29 is 37.3 Å². The van der Waals surface area contributed by atoms with Crippen LogP contribution in [0.1, 0.15) is 29.0 Å². The van der Waals surface area contributed by atoms with E-state index in [-0.39, 0.29) is 48.8 Å². The normalized spacial score (nSPS) is 17.4. The maximum absolute atomic E-state index is 13.3. The number of nitrogens with one attached hydrogen (secondary N) is 1. The third-order valence-corrected chi connectivity index (χ3v) is 9.76. The molecule has 3 aromatic carbocycles. The topological polar surface area (TPSA) is 124 Å². The Labute approximate surface area is 258 Å². The van der Waals surface area contributed by atoms with E-state index < -0.39 is 16.3 Å². The Kier molecular flexibility index (Phi) is 10.3. The highest BCUT2D eigenvalue weighted by atomic mass is 32.2. The highest BCUT2D eigenvalue weighted by molar-refractivity contribution is 7.89. The fourth-order valence-corrected chi connectivity index (χ4v) is 7.08. The van der Waals surface area contributed by atoms with Gasteiger partial charge in [-0.2, -0.15) is 4.31 Å². The SMILES string of the molecule is COCCNC(=O)C1=C[C@@H](c2cccc3c2Cc2ccccc2-3)C[C@@H](OCCN(CCO)S(=O)(=O)c2ccc(OC)cc2)O1. The van der Waals surface area contributed by atoms with E-state index in [1.807, 2.05) is 24.3 Å². The molecule has 0 saturated carbocycles. The van der Waals surface area contributed by atoms with Gasteiger partial charge >= 0.3 is 0 Å². The van der Waals surface area contributed by atoms with Crippen LogP contribution in [-0.2, 0) is 35.4 Å². The molecule has 2 N–H and O–H groups in total. The molecular weight excluding hydrogens is 584 g/mol. The molecule has 44 heavy (non-hydrogen) atoms. The molecule has 0 unspecified atom stereocenters. The molecule has 1 aliphatic carbocycles. The van der Waals surface area contributed by atoms with Gasteiger partial charge in [-0.25, -0.2) is 8.42 Å². The number of sulfonamides is 1. The molecule has 0 spiro atoms. The van der Waals surface area contributed by atoms with Crippen LogP contribution in [0, 0.1) is 0 Å². The number of fused-ring (bicyclic) bond motifs is 3. The van der Waals surface area contributed by atoms with Gasteiger partial charge in [0.25, 0.3) is 5.91 Å². The third-order valence-electron chi connectivity index (χ3n) is 7.85. The highest BCUT2D eigenvalue weighted by Crippen LogP contribution is 2.42. The zero-order valence-corrected chi connectivity index (χ0v) is 25.7. The second-order valence-corrected chi connectivity index (χ2v) is 12.5. The molecule has 1 amide bonds. The number of rotatable bonds is 14. The number of amides is 1. The summed E-state index contributed by atoms with van der Waals surface area (Å²) in [4.78, 5) is 13.2. The summed E-state index contributed by atoms with van der Waals surface area (Å²) in [6.45, 7) is 0.194. The first-order valence-corrected chi connectivity index (χ1v) is 16.0. The van der Waals surface area contributed by atoms with Gasteiger partial charge in [0.15, 0.2) is 5.76 Å². The molecule has 0 fully saturated rings. The Bertz CT molecular complexity index is 1590. The van der Waals surface area contributed by atoms with Crippen molar-refractivity contribution in [3.8, 4) is 16.9 Å². The van der Waals surface area contributed by atoms with E-state index in [9.17, 15) is 18.3 Å².